The molecule has 1 amide bonds. The number of hydrogen-bond donors (Lipinski definition) is 1. The van der Waals surface area contributed by atoms with Crippen molar-refractivity contribution in [2.24, 2.45) is 5.92 Å². The number of halogens is 3. The molecule has 208 valence electrons. The lowest BCUT2D eigenvalue weighted by Gasteiger charge is -2.31. The zero-order valence-electron chi connectivity index (χ0n) is 22.8. The summed E-state index contributed by atoms with van der Waals surface area (Å²) in [6, 6.07) is 12.8. The summed E-state index contributed by atoms with van der Waals surface area (Å²) in [4.78, 5) is 26.4. The summed E-state index contributed by atoms with van der Waals surface area (Å²) < 4.78 is 47.3. The standard InChI is InChI=1S/C33H32F3NO3/c1-33(2,3)40-32(39)37-21(15-20-16-29(35)30(36)18-28(20)34)17-31(38)27-10-6-9-23-25-12-11-19-7-4-5-8-22(19)24(25)13-14-26(23)27/h4-9,11-12,16,18,21,27H,10,13-15,17H2,1-3H3,(H,37,39). The van der Waals surface area contributed by atoms with Gasteiger partial charge in [0.15, 0.2) is 11.6 Å². The normalized spacial score (nSPS) is 17.3. The molecule has 0 bridgehead atoms. The summed E-state index contributed by atoms with van der Waals surface area (Å²) in [5.41, 5.74) is 3.59. The number of carbonyl (C=O) groups is 2. The van der Waals surface area contributed by atoms with E-state index in [2.05, 4.69) is 35.7 Å². The molecule has 0 fully saturated rings. The molecule has 3 aromatic carbocycles. The number of fused-ring (bicyclic) bond motifs is 4. The highest BCUT2D eigenvalue weighted by Gasteiger charge is 2.33. The molecule has 0 aliphatic heterocycles. The van der Waals surface area contributed by atoms with Gasteiger partial charge in [-0.05, 0) is 85.6 Å². The summed E-state index contributed by atoms with van der Waals surface area (Å²) in [6.45, 7) is 5.11. The molecule has 5 rings (SSSR count). The lowest BCUT2D eigenvalue weighted by Crippen LogP contribution is -2.42. The second-order valence-corrected chi connectivity index (χ2v) is 11.5. The van der Waals surface area contributed by atoms with Gasteiger partial charge in [0.1, 0.15) is 17.2 Å². The van der Waals surface area contributed by atoms with Crippen molar-refractivity contribution in [3.63, 3.8) is 0 Å². The van der Waals surface area contributed by atoms with Crippen molar-refractivity contribution in [2.45, 2.75) is 64.5 Å². The number of allylic oxidation sites excluding steroid dienone is 4. The van der Waals surface area contributed by atoms with Crippen LogP contribution < -0.4 is 5.32 Å². The van der Waals surface area contributed by atoms with Gasteiger partial charge in [-0.15, -0.1) is 0 Å². The molecule has 2 atom stereocenters. The van der Waals surface area contributed by atoms with E-state index in [0.29, 0.717) is 12.5 Å². The van der Waals surface area contributed by atoms with Gasteiger partial charge in [-0.3, -0.25) is 4.79 Å². The van der Waals surface area contributed by atoms with Crippen LogP contribution in [0.1, 0.15) is 56.7 Å². The Morgan fingerprint density at radius 1 is 1.00 bits per heavy atom. The Balaban J connectivity index is 1.42. The molecule has 2 unspecified atom stereocenters. The molecule has 0 saturated heterocycles. The minimum absolute atomic E-state index is 0.106. The van der Waals surface area contributed by atoms with Crippen LogP contribution in [0.3, 0.4) is 0 Å². The van der Waals surface area contributed by atoms with Crippen molar-refractivity contribution in [1.82, 2.24) is 5.32 Å². The van der Waals surface area contributed by atoms with Crippen LogP contribution in [0.2, 0.25) is 0 Å². The Hall–Kier alpha value is -3.87. The third-order valence-corrected chi connectivity index (χ3v) is 7.51. The number of aryl methyl sites for hydroxylation is 1. The van der Waals surface area contributed by atoms with Gasteiger partial charge in [0.05, 0.1) is 0 Å². The Bertz CT molecular complexity index is 1550. The fourth-order valence-corrected chi connectivity index (χ4v) is 5.79. The van der Waals surface area contributed by atoms with E-state index in [0.717, 1.165) is 35.6 Å². The summed E-state index contributed by atoms with van der Waals surface area (Å²) in [5.74, 6) is -3.93. The van der Waals surface area contributed by atoms with Gasteiger partial charge in [-0.25, -0.2) is 18.0 Å². The minimum Gasteiger partial charge on any atom is -0.444 e. The molecule has 0 spiro atoms. The first-order chi connectivity index (χ1) is 19.0. The molecule has 0 aromatic heterocycles. The smallest absolute Gasteiger partial charge is 0.407 e. The van der Waals surface area contributed by atoms with E-state index in [-0.39, 0.29) is 24.2 Å². The fraction of sp³-hybridized carbons (Fsp3) is 0.333. The number of Topliss-reactive ketones (excluding diaryl/α,β-unsaturated/α-hetero) is 1. The number of benzene rings is 3. The number of rotatable bonds is 6. The largest absolute Gasteiger partial charge is 0.444 e. The SMILES string of the molecule is CC(C)(C)OC(=O)NC(CC(=O)C1CC=CC2=C1CCc1c2ccc2ccccc12)Cc1cc(F)c(F)cc1F. The molecular weight excluding hydrogens is 515 g/mol. The zero-order chi connectivity index (χ0) is 28.6. The molecular formula is C33H32F3NO3. The van der Waals surface area contributed by atoms with Crippen LogP contribution >= 0.6 is 0 Å². The van der Waals surface area contributed by atoms with E-state index in [1.165, 1.54) is 16.3 Å². The molecule has 2 aliphatic carbocycles. The number of ether oxygens (including phenoxy) is 1. The molecule has 4 nitrogen and oxygen atoms in total. The molecule has 7 heteroatoms. The van der Waals surface area contributed by atoms with Crippen molar-refractivity contribution in [1.29, 1.82) is 0 Å². The fourth-order valence-electron chi connectivity index (χ4n) is 5.79. The third kappa shape index (κ3) is 5.83. The Kier molecular flexibility index (Phi) is 7.58. The van der Waals surface area contributed by atoms with Crippen LogP contribution in [0.25, 0.3) is 16.3 Å². The van der Waals surface area contributed by atoms with Gasteiger partial charge >= 0.3 is 6.09 Å². The minimum atomic E-state index is -1.30. The number of nitrogens with one attached hydrogen (secondary N) is 1. The highest BCUT2D eigenvalue weighted by molar-refractivity contribution is 5.96. The van der Waals surface area contributed by atoms with Crippen molar-refractivity contribution < 1.29 is 27.5 Å². The predicted molar refractivity (Wildman–Crippen MR) is 149 cm³/mol. The number of hydrogen-bond acceptors (Lipinski definition) is 3. The van der Waals surface area contributed by atoms with Crippen LogP contribution in [0.4, 0.5) is 18.0 Å². The summed E-state index contributed by atoms with van der Waals surface area (Å²) in [7, 11) is 0. The maximum absolute atomic E-state index is 14.5. The summed E-state index contributed by atoms with van der Waals surface area (Å²) >= 11 is 0. The van der Waals surface area contributed by atoms with Crippen LogP contribution in [-0.4, -0.2) is 23.5 Å². The predicted octanol–water partition coefficient (Wildman–Crippen LogP) is 7.63. The number of carbonyl (C=O) groups excluding carboxylic acids is 2. The Morgan fingerprint density at radius 2 is 1.75 bits per heavy atom. The molecule has 1 N–H and O–H groups in total. The van der Waals surface area contributed by atoms with Gasteiger partial charge in [-0.2, -0.15) is 0 Å². The van der Waals surface area contributed by atoms with E-state index >= 15 is 0 Å². The molecule has 0 heterocycles. The highest BCUT2D eigenvalue weighted by Crippen LogP contribution is 2.42. The van der Waals surface area contributed by atoms with E-state index in [9.17, 15) is 22.8 Å². The Morgan fingerprint density at radius 3 is 2.52 bits per heavy atom. The number of amides is 1. The monoisotopic (exact) mass is 547 g/mol. The molecule has 40 heavy (non-hydrogen) atoms. The molecule has 3 aromatic rings. The third-order valence-electron chi connectivity index (χ3n) is 7.51. The Labute approximate surface area is 231 Å². The topological polar surface area (TPSA) is 55.4 Å². The van der Waals surface area contributed by atoms with Gasteiger partial charge < -0.3 is 10.1 Å². The summed E-state index contributed by atoms with van der Waals surface area (Å²) in [5, 5.41) is 5.05. The van der Waals surface area contributed by atoms with Crippen LogP contribution in [0.5, 0.6) is 0 Å². The number of ketones is 1. The highest BCUT2D eigenvalue weighted by atomic mass is 19.2. The molecule has 0 radical (unpaired) electrons. The maximum Gasteiger partial charge on any atom is 0.407 e. The quantitative estimate of drug-likeness (QED) is 0.323. The lowest BCUT2D eigenvalue weighted by molar-refractivity contribution is -0.122. The van der Waals surface area contributed by atoms with E-state index in [1.807, 2.05) is 18.2 Å². The number of alkyl carbamates (subject to hydrolysis) is 1. The van der Waals surface area contributed by atoms with E-state index < -0.39 is 41.1 Å². The van der Waals surface area contributed by atoms with Crippen LogP contribution in [0, 0.1) is 23.4 Å². The second kappa shape index (κ2) is 11.0. The van der Waals surface area contributed by atoms with Gasteiger partial charge in [0.2, 0.25) is 0 Å². The molecule has 2 aliphatic rings. The van der Waals surface area contributed by atoms with Crippen molar-refractivity contribution in [3.8, 4) is 0 Å². The van der Waals surface area contributed by atoms with Gasteiger partial charge in [0.25, 0.3) is 0 Å². The second-order valence-electron chi connectivity index (χ2n) is 11.5. The van der Waals surface area contributed by atoms with Crippen molar-refractivity contribution in [2.75, 3.05) is 0 Å². The van der Waals surface area contributed by atoms with Crippen molar-refractivity contribution in [3.05, 3.63) is 100 Å². The first kappa shape index (κ1) is 27.7. The first-order valence-electron chi connectivity index (χ1n) is 13.6. The van der Waals surface area contributed by atoms with E-state index in [4.69, 9.17) is 4.74 Å². The summed E-state index contributed by atoms with van der Waals surface area (Å²) in [6.07, 6.45) is 5.07. The zero-order valence-corrected chi connectivity index (χ0v) is 22.8. The van der Waals surface area contributed by atoms with Crippen LogP contribution in [0.15, 0.2) is 66.3 Å². The first-order valence-corrected chi connectivity index (χ1v) is 13.6. The average Bonchev–Trinajstić information content (AvgIpc) is 2.89. The average molecular weight is 548 g/mol. The van der Waals surface area contributed by atoms with Crippen LogP contribution in [-0.2, 0) is 22.4 Å². The molecule has 0 saturated carbocycles. The van der Waals surface area contributed by atoms with Crippen molar-refractivity contribution >= 4 is 28.2 Å². The maximum atomic E-state index is 14.5. The van der Waals surface area contributed by atoms with Gasteiger partial charge in [0, 0.05) is 24.4 Å². The van der Waals surface area contributed by atoms with E-state index in [1.54, 1.807) is 20.8 Å². The van der Waals surface area contributed by atoms with Gasteiger partial charge in [-0.1, -0.05) is 54.1 Å². The lowest BCUT2D eigenvalue weighted by atomic mass is 9.73.